The maximum atomic E-state index is 13.6. The average Bonchev–Trinajstić information content (AvgIpc) is 2.71. The monoisotopic (exact) mass is 260 g/mol. The van der Waals surface area contributed by atoms with Gasteiger partial charge in [-0.3, -0.25) is 0 Å². The number of nitrogens with one attached hydrogen (secondary N) is 1. The first-order valence-electron chi connectivity index (χ1n) is 5.54. The van der Waals surface area contributed by atoms with Gasteiger partial charge in [0, 0.05) is 23.0 Å². The summed E-state index contributed by atoms with van der Waals surface area (Å²) in [5, 5.41) is 0. The molecule has 4 nitrogen and oxygen atoms in total. The van der Waals surface area contributed by atoms with Gasteiger partial charge in [0.2, 0.25) is 0 Å². The van der Waals surface area contributed by atoms with Gasteiger partial charge in [0.25, 0.3) is 0 Å². The minimum absolute atomic E-state index is 0.0809. The van der Waals surface area contributed by atoms with E-state index in [2.05, 4.69) is 9.97 Å². The Morgan fingerprint density at radius 3 is 2.32 bits per heavy atom. The highest BCUT2D eigenvalue weighted by Gasteiger charge is 2.11. The Hall–Kier alpha value is -2.63. The largest absolute Gasteiger partial charge is 0.399 e. The number of nitrogens with two attached hydrogens (primary N) is 2. The summed E-state index contributed by atoms with van der Waals surface area (Å²) in [7, 11) is 0. The van der Waals surface area contributed by atoms with E-state index in [-0.39, 0.29) is 11.0 Å². The summed E-state index contributed by atoms with van der Waals surface area (Å²) in [6.45, 7) is 0. The number of hydrogen-bond donors (Lipinski definition) is 3. The van der Waals surface area contributed by atoms with Crippen molar-refractivity contribution in [2.75, 3.05) is 11.5 Å². The second kappa shape index (κ2) is 3.94. The number of anilines is 2. The van der Waals surface area contributed by atoms with Crippen LogP contribution in [0.25, 0.3) is 22.4 Å². The van der Waals surface area contributed by atoms with Crippen LogP contribution in [0.3, 0.4) is 0 Å². The van der Waals surface area contributed by atoms with Crippen molar-refractivity contribution in [3.63, 3.8) is 0 Å². The SMILES string of the molecule is Nc1cc(N)cc(-c2nc3c(F)cc(F)cc3[nH]2)c1. The summed E-state index contributed by atoms with van der Waals surface area (Å²) in [6.07, 6.45) is 0. The van der Waals surface area contributed by atoms with Crippen molar-refractivity contribution in [3.8, 4) is 11.4 Å². The quantitative estimate of drug-likeness (QED) is 0.588. The van der Waals surface area contributed by atoms with Gasteiger partial charge in [-0.1, -0.05) is 0 Å². The number of halogens is 2. The van der Waals surface area contributed by atoms with Crippen LogP contribution >= 0.6 is 0 Å². The number of H-pyrrole nitrogens is 1. The third-order valence-corrected chi connectivity index (χ3v) is 2.76. The molecule has 0 saturated heterocycles. The molecule has 0 aliphatic carbocycles. The lowest BCUT2D eigenvalue weighted by molar-refractivity contribution is 0.591. The number of fused-ring (bicyclic) bond motifs is 1. The molecule has 0 spiro atoms. The summed E-state index contributed by atoms with van der Waals surface area (Å²) < 4.78 is 26.7. The van der Waals surface area contributed by atoms with Crippen LogP contribution < -0.4 is 11.5 Å². The van der Waals surface area contributed by atoms with Gasteiger partial charge >= 0.3 is 0 Å². The number of benzene rings is 2. The number of rotatable bonds is 1. The van der Waals surface area contributed by atoms with Gasteiger partial charge in [0.1, 0.15) is 17.2 Å². The van der Waals surface area contributed by atoms with E-state index in [9.17, 15) is 8.78 Å². The van der Waals surface area contributed by atoms with Crippen LogP contribution in [0.2, 0.25) is 0 Å². The van der Waals surface area contributed by atoms with Gasteiger partial charge in [-0.2, -0.15) is 0 Å². The molecule has 0 aliphatic heterocycles. The number of aromatic nitrogens is 2. The van der Waals surface area contributed by atoms with Crippen molar-refractivity contribution >= 4 is 22.4 Å². The molecule has 3 rings (SSSR count). The molecule has 2 aromatic carbocycles. The van der Waals surface area contributed by atoms with E-state index in [0.29, 0.717) is 22.8 Å². The molecule has 0 aliphatic rings. The van der Waals surface area contributed by atoms with E-state index < -0.39 is 11.6 Å². The first kappa shape index (κ1) is 11.5. The summed E-state index contributed by atoms with van der Waals surface area (Å²) in [4.78, 5) is 6.94. The minimum Gasteiger partial charge on any atom is -0.399 e. The predicted octanol–water partition coefficient (Wildman–Crippen LogP) is 2.67. The third-order valence-electron chi connectivity index (χ3n) is 2.76. The molecule has 3 aromatic rings. The maximum absolute atomic E-state index is 13.6. The summed E-state index contributed by atoms with van der Waals surface area (Å²) in [5.41, 5.74) is 13.3. The average molecular weight is 260 g/mol. The molecule has 0 unspecified atom stereocenters. The molecule has 0 fully saturated rings. The van der Waals surface area contributed by atoms with Crippen molar-refractivity contribution < 1.29 is 8.78 Å². The number of nitrogen functional groups attached to an aromatic ring is 2. The minimum atomic E-state index is -0.714. The highest BCUT2D eigenvalue weighted by Crippen LogP contribution is 2.26. The molecule has 19 heavy (non-hydrogen) atoms. The zero-order valence-corrected chi connectivity index (χ0v) is 9.74. The molecule has 1 heterocycles. The lowest BCUT2D eigenvalue weighted by Crippen LogP contribution is -1.92. The number of hydrogen-bond acceptors (Lipinski definition) is 3. The maximum Gasteiger partial charge on any atom is 0.153 e. The van der Waals surface area contributed by atoms with Crippen molar-refractivity contribution in [1.82, 2.24) is 9.97 Å². The van der Waals surface area contributed by atoms with E-state index >= 15 is 0 Å². The second-order valence-corrected chi connectivity index (χ2v) is 4.26. The predicted molar refractivity (Wildman–Crippen MR) is 70.3 cm³/mol. The van der Waals surface area contributed by atoms with Crippen molar-refractivity contribution in [2.24, 2.45) is 0 Å². The molecule has 0 bridgehead atoms. The summed E-state index contributed by atoms with van der Waals surface area (Å²) >= 11 is 0. The lowest BCUT2D eigenvalue weighted by Gasteiger charge is -2.01. The summed E-state index contributed by atoms with van der Waals surface area (Å²) in [5.74, 6) is -0.986. The van der Waals surface area contributed by atoms with E-state index in [1.54, 1.807) is 18.2 Å². The molecule has 0 radical (unpaired) electrons. The fourth-order valence-corrected chi connectivity index (χ4v) is 1.99. The molecular formula is C13H10F2N4. The smallest absolute Gasteiger partial charge is 0.153 e. The van der Waals surface area contributed by atoms with Crippen LogP contribution in [0.4, 0.5) is 20.2 Å². The fraction of sp³-hybridized carbons (Fsp3) is 0. The van der Waals surface area contributed by atoms with E-state index in [1.165, 1.54) is 6.07 Å². The Kier molecular flexibility index (Phi) is 2.38. The number of nitrogens with zero attached hydrogens (tertiary/aromatic N) is 1. The molecule has 5 N–H and O–H groups in total. The van der Waals surface area contributed by atoms with Crippen molar-refractivity contribution in [1.29, 1.82) is 0 Å². The molecule has 0 saturated carbocycles. The van der Waals surface area contributed by atoms with Gasteiger partial charge in [0.05, 0.1) is 5.52 Å². The Morgan fingerprint density at radius 1 is 0.947 bits per heavy atom. The zero-order valence-electron chi connectivity index (χ0n) is 9.74. The lowest BCUT2D eigenvalue weighted by atomic mass is 10.1. The van der Waals surface area contributed by atoms with Gasteiger partial charge in [-0.05, 0) is 24.3 Å². The van der Waals surface area contributed by atoms with Crippen LogP contribution in [-0.2, 0) is 0 Å². The van der Waals surface area contributed by atoms with Crippen LogP contribution in [-0.4, -0.2) is 9.97 Å². The summed E-state index contributed by atoms with van der Waals surface area (Å²) in [6, 6.07) is 6.89. The molecular weight excluding hydrogens is 250 g/mol. The molecule has 0 atom stereocenters. The van der Waals surface area contributed by atoms with Crippen LogP contribution in [0.5, 0.6) is 0 Å². The zero-order chi connectivity index (χ0) is 13.6. The fourth-order valence-electron chi connectivity index (χ4n) is 1.99. The Balaban J connectivity index is 2.23. The van der Waals surface area contributed by atoms with Gasteiger partial charge in [-0.25, -0.2) is 13.8 Å². The Morgan fingerprint density at radius 2 is 1.63 bits per heavy atom. The Bertz CT molecular complexity index is 759. The van der Waals surface area contributed by atoms with Crippen LogP contribution in [0.1, 0.15) is 0 Å². The first-order valence-corrected chi connectivity index (χ1v) is 5.54. The third kappa shape index (κ3) is 1.97. The number of aromatic amines is 1. The van der Waals surface area contributed by atoms with Crippen molar-refractivity contribution in [2.45, 2.75) is 0 Å². The van der Waals surface area contributed by atoms with E-state index in [0.717, 1.165) is 6.07 Å². The molecule has 0 amide bonds. The highest BCUT2D eigenvalue weighted by atomic mass is 19.1. The normalized spacial score (nSPS) is 11.1. The van der Waals surface area contributed by atoms with Crippen LogP contribution in [0.15, 0.2) is 30.3 Å². The van der Waals surface area contributed by atoms with Crippen LogP contribution in [0, 0.1) is 11.6 Å². The second-order valence-electron chi connectivity index (χ2n) is 4.26. The Labute approximate surface area is 107 Å². The first-order chi connectivity index (χ1) is 9.02. The van der Waals surface area contributed by atoms with Gasteiger partial charge in [0.15, 0.2) is 5.82 Å². The van der Waals surface area contributed by atoms with E-state index in [4.69, 9.17) is 11.5 Å². The molecule has 96 valence electrons. The van der Waals surface area contributed by atoms with Gasteiger partial charge in [-0.15, -0.1) is 0 Å². The topological polar surface area (TPSA) is 80.7 Å². The van der Waals surface area contributed by atoms with Crippen molar-refractivity contribution in [3.05, 3.63) is 42.0 Å². The highest BCUT2D eigenvalue weighted by molar-refractivity contribution is 5.81. The molecule has 6 heteroatoms. The molecule has 1 aromatic heterocycles. The van der Waals surface area contributed by atoms with E-state index in [1.807, 2.05) is 0 Å². The standard InChI is InChI=1S/C13H10F2N4/c14-7-3-10(15)12-11(4-7)18-13(19-12)6-1-8(16)5-9(17)2-6/h1-5H,16-17H2,(H,18,19). The number of imidazole rings is 1. The van der Waals surface area contributed by atoms with Gasteiger partial charge < -0.3 is 16.5 Å².